The van der Waals surface area contributed by atoms with Crippen molar-refractivity contribution in [3.05, 3.63) is 18.2 Å². The van der Waals surface area contributed by atoms with Crippen molar-refractivity contribution < 1.29 is 9.84 Å². The zero-order valence-electron chi connectivity index (χ0n) is 12.5. The number of aliphatic hydroxyl groups is 1. The summed E-state index contributed by atoms with van der Waals surface area (Å²) in [7, 11) is 1.61. The molecule has 6 heteroatoms. The highest BCUT2D eigenvalue weighted by Gasteiger charge is 2.13. The number of hydrogen-bond donors (Lipinski definition) is 3. The van der Waals surface area contributed by atoms with Crippen molar-refractivity contribution in [3.63, 3.8) is 0 Å². The van der Waals surface area contributed by atoms with Gasteiger partial charge in [0, 0.05) is 13.2 Å². The lowest BCUT2D eigenvalue weighted by Crippen LogP contribution is -2.19. The summed E-state index contributed by atoms with van der Waals surface area (Å²) in [4.78, 5) is 8.50. The standard InChI is InChI=1S/C15H22N4O2/c1-3-5-10(9-20)8-17-14-13-11(18-15(16)19-14)6-4-7-12(13)21-2/h4,6-7,10,20H,3,5,8-9H2,1-2H3,(H3,16,17,18,19)/t10-/m1/s1. The number of nitrogen functional groups attached to an aromatic ring is 1. The van der Waals surface area contributed by atoms with E-state index in [1.807, 2.05) is 18.2 Å². The predicted octanol–water partition coefficient (Wildman–Crippen LogP) is 2.04. The smallest absolute Gasteiger partial charge is 0.222 e. The van der Waals surface area contributed by atoms with Crippen LogP contribution in [0.3, 0.4) is 0 Å². The molecule has 1 heterocycles. The molecule has 21 heavy (non-hydrogen) atoms. The Balaban J connectivity index is 2.33. The number of hydrogen-bond acceptors (Lipinski definition) is 6. The Bertz CT molecular complexity index is 603. The zero-order valence-corrected chi connectivity index (χ0v) is 12.5. The molecule has 0 aliphatic carbocycles. The third-order valence-electron chi connectivity index (χ3n) is 3.44. The molecular formula is C15H22N4O2. The van der Waals surface area contributed by atoms with Crippen LogP contribution in [0, 0.1) is 5.92 Å². The molecule has 0 aliphatic rings. The Labute approximate surface area is 124 Å². The molecule has 4 N–H and O–H groups in total. The lowest BCUT2D eigenvalue weighted by Gasteiger charge is -2.16. The fraction of sp³-hybridized carbons (Fsp3) is 0.467. The Morgan fingerprint density at radius 3 is 2.86 bits per heavy atom. The lowest BCUT2D eigenvalue weighted by atomic mass is 10.1. The Morgan fingerprint density at radius 2 is 2.19 bits per heavy atom. The second-order valence-corrected chi connectivity index (χ2v) is 5.00. The zero-order chi connectivity index (χ0) is 15.2. The van der Waals surface area contributed by atoms with Crippen molar-refractivity contribution in [1.82, 2.24) is 9.97 Å². The molecule has 6 nitrogen and oxygen atoms in total. The average molecular weight is 290 g/mol. The molecule has 2 rings (SSSR count). The highest BCUT2D eigenvalue weighted by atomic mass is 16.5. The van der Waals surface area contributed by atoms with Crippen molar-refractivity contribution in [3.8, 4) is 5.75 Å². The molecule has 0 saturated carbocycles. The van der Waals surface area contributed by atoms with Crippen LogP contribution in [0.25, 0.3) is 10.9 Å². The molecule has 1 atom stereocenters. The fourth-order valence-corrected chi connectivity index (χ4v) is 2.37. The number of nitrogens with two attached hydrogens (primary N) is 1. The van der Waals surface area contributed by atoms with Crippen LogP contribution in [0.2, 0.25) is 0 Å². The maximum atomic E-state index is 9.38. The summed E-state index contributed by atoms with van der Waals surface area (Å²) in [5.74, 6) is 1.75. The summed E-state index contributed by atoms with van der Waals surface area (Å²) in [6, 6.07) is 5.60. The van der Waals surface area contributed by atoms with Gasteiger partial charge in [-0.15, -0.1) is 0 Å². The molecule has 1 aromatic carbocycles. The number of benzene rings is 1. The molecule has 0 bridgehead atoms. The summed E-state index contributed by atoms with van der Waals surface area (Å²) in [6.45, 7) is 2.88. The van der Waals surface area contributed by atoms with Gasteiger partial charge in [-0.25, -0.2) is 4.98 Å². The molecular weight excluding hydrogens is 268 g/mol. The van der Waals surface area contributed by atoms with Crippen molar-refractivity contribution in [2.45, 2.75) is 19.8 Å². The topological polar surface area (TPSA) is 93.3 Å². The van der Waals surface area contributed by atoms with E-state index in [1.165, 1.54) is 0 Å². The van der Waals surface area contributed by atoms with E-state index in [0.29, 0.717) is 18.1 Å². The highest BCUT2D eigenvalue weighted by molar-refractivity contribution is 5.95. The summed E-state index contributed by atoms with van der Waals surface area (Å²) < 4.78 is 5.38. The van der Waals surface area contributed by atoms with Crippen molar-refractivity contribution >= 4 is 22.7 Å². The van der Waals surface area contributed by atoms with Crippen LogP contribution in [-0.4, -0.2) is 35.3 Å². The molecule has 114 valence electrons. The molecule has 1 aromatic heterocycles. The molecule has 2 aromatic rings. The van der Waals surface area contributed by atoms with Gasteiger partial charge in [-0.05, 0) is 24.5 Å². The number of fused-ring (bicyclic) bond motifs is 1. The quantitative estimate of drug-likeness (QED) is 0.722. The normalized spacial score (nSPS) is 12.3. The van der Waals surface area contributed by atoms with Gasteiger partial charge in [0.15, 0.2) is 0 Å². The van der Waals surface area contributed by atoms with Crippen LogP contribution in [-0.2, 0) is 0 Å². The van der Waals surface area contributed by atoms with Gasteiger partial charge in [-0.2, -0.15) is 4.98 Å². The summed E-state index contributed by atoms with van der Waals surface area (Å²) in [6.07, 6.45) is 1.99. The van der Waals surface area contributed by atoms with E-state index in [1.54, 1.807) is 7.11 Å². The lowest BCUT2D eigenvalue weighted by molar-refractivity contribution is 0.225. The van der Waals surface area contributed by atoms with Gasteiger partial charge in [0.2, 0.25) is 5.95 Å². The van der Waals surface area contributed by atoms with E-state index in [-0.39, 0.29) is 18.5 Å². The average Bonchev–Trinajstić information content (AvgIpc) is 2.50. The number of anilines is 2. The monoisotopic (exact) mass is 290 g/mol. The van der Waals surface area contributed by atoms with E-state index in [0.717, 1.165) is 23.7 Å². The number of nitrogens with one attached hydrogen (secondary N) is 1. The highest BCUT2D eigenvalue weighted by Crippen LogP contribution is 2.30. The largest absolute Gasteiger partial charge is 0.496 e. The number of nitrogens with zero attached hydrogens (tertiary/aromatic N) is 2. The Morgan fingerprint density at radius 1 is 1.38 bits per heavy atom. The Kier molecular flexibility index (Phi) is 5.16. The van der Waals surface area contributed by atoms with Gasteiger partial charge in [-0.3, -0.25) is 0 Å². The van der Waals surface area contributed by atoms with Crippen LogP contribution in [0.4, 0.5) is 11.8 Å². The van der Waals surface area contributed by atoms with Crippen LogP contribution in [0.1, 0.15) is 19.8 Å². The third-order valence-corrected chi connectivity index (χ3v) is 3.44. The molecule has 0 spiro atoms. The first-order chi connectivity index (χ1) is 10.2. The fourth-order valence-electron chi connectivity index (χ4n) is 2.37. The second-order valence-electron chi connectivity index (χ2n) is 5.00. The molecule has 0 saturated heterocycles. The second kappa shape index (κ2) is 7.08. The van der Waals surface area contributed by atoms with Crippen molar-refractivity contribution in [2.24, 2.45) is 5.92 Å². The first kappa shape index (κ1) is 15.3. The Hall–Kier alpha value is -2.08. The predicted molar refractivity (Wildman–Crippen MR) is 84.5 cm³/mol. The summed E-state index contributed by atoms with van der Waals surface area (Å²) in [5, 5.41) is 13.5. The van der Waals surface area contributed by atoms with E-state index >= 15 is 0 Å². The molecule has 0 fully saturated rings. The SMILES string of the molecule is CCC[C@@H](CO)CNc1nc(N)nc2cccc(OC)c12. The van der Waals surface area contributed by atoms with E-state index < -0.39 is 0 Å². The first-order valence-electron chi connectivity index (χ1n) is 7.14. The van der Waals surface area contributed by atoms with Crippen LogP contribution >= 0.6 is 0 Å². The van der Waals surface area contributed by atoms with Gasteiger partial charge >= 0.3 is 0 Å². The van der Waals surface area contributed by atoms with Crippen LogP contribution < -0.4 is 15.8 Å². The maximum Gasteiger partial charge on any atom is 0.222 e. The van der Waals surface area contributed by atoms with Crippen LogP contribution in [0.15, 0.2) is 18.2 Å². The number of aliphatic hydroxyl groups excluding tert-OH is 1. The van der Waals surface area contributed by atoms with Gasteiger partial charge in [0.05, 0.1) is 18.0 Å². The summed E-state index contributed by atoms with van der Waals surface area (Å²) in [5.41, 5.74) is 6.50. The third kappa shape index (κ3) is 3.52. The number of aromatic nitrogens is 2. The first-order valence-corrected chi connectivity index (χ1v) is 7.14. The van der Waals surface area contributed by atoms with Crippen LogP contribution in [0.5, 0.6) is 5.75 Å². The minimum Gasteiger partial charge on any atom is -0.496 e. The van der Waals surface area contributed by atoms with Gasteiger partial charge in [0.25, 0.3) is 0 Å². The molecule has 0 radical (unpaired) electrons. The minimum absolute atomic E-state index is 0.149. The van der Waals surface area contributed by atoms with Gasteiger partial charge in [-0.1, -0.05) is 19.4 Å². The molecule has 0 unspecified atom stereocenters. The molecule has 0 aliphatic heterocycles. The minimum atomic E-state index is 0.149. The van der Waals surface area contributed by atoms with Crippen molar-refractivity contribution in [2.75, 3.05) is 31.3 Å². The van der Waals surface area contributed by atoms with Gasteiger partial charge < -0.3 is 20.9 Å². The molecule has 0 amide bonds. The van der Waals surface area contributed by atoms with E-state index in [9.17, 15) is 5.11 Å². The van der Waals surface area contributed by atoms with Crippen molar-refractivity contribution in [1.29, 1.82) is 0 Å². The van der Waals surface area contributed by atoms with E-state index in [4.69, 9.17) is 10.5 Å². The number of methoxy groups -OCH3 is 1. The van der Waals surface area contributed by atoms with Gasteiger partial charge in [0.1, 0.15) is 11.6 Å². The summed E-state index contributed by atoms with van der Waals surface area (Å²) >= 11 is 0. The van der Waals surface area contributed by atoms with E-state index in [2.05, 4.69) is 22.2 Å². The number of rotatable bonds is 7. The number of ether oxygens (including phenoxy) is 1. The maximum absolute atomic E-state index is 9.38.